The molecule has 6 heteroatoms. The second-order valence-electron chi connectivity index (χ2n) is 4.33. The number of carboxylic acids is 1. The smallest absolute Gasteiger partial charge is 0.317 e. The molecule has 1 aromatic heterocycles. The van der Waals surface area contributed by atoms with Gasteiger partial charge in [0.25, 0.3) is 0 Å². The van der Waals surface area contributed by atoms with Crippen LogP contribution < -0.4 is 0 Å². The maximum atomic E-state index is 10.7. The molecule has 106 valence electrons. The lowest BCUT2D eigenvalue weighted by molar-refractivity contribution is -0.138. The van der Waals surface area contributed by atoms with Gasteiger partial charge in [-0.2, -0.15) is 0 Å². The maximum absolute atomic E-state index is 10.7. The number of carbonyl (C=O) groups is 1. The molecule has 5 nitrogen and oxygen atoms in total. The van der Waals surface area contributed by atoms with Crippen molar-refractivity contribution in [2.45, 2.75) is 13.5 Å². The summed E-state index contributed by atoms with van der Waals surface area (Å²) in [5, 5.41) is 9.43. The van der Waals surface area contributed by atoms with Gasteiger partial charge in [0.2, 0.25) is 5.89 Å². The summed E-state index contributed by atoms with van der Waals surface area (Å²) in [6.07, 6.45) is 1.62. The quantitative estimate of drug-likeness (QED) is 0.887. The number of hydrogen-bond acceptors (Lipinski definition) is 4. The number of rotatable bonds is 6. The lowest BCUT2D eigenvalue weighted by Gasteiger charge is -2.15. The van der Waals surface area contributed by atoms with Gasteiger partial charge in [-0.15, -0.1) is 0 Å². The summed E-state index contributed by atoms with van der Waals surface area (Å²) in [6.45, 7) is 2.83. The first-order valence-corrected chi connectivity index (χ1v) is 6.61. The zero-order valence-electron chi connectivity index (χ0n) is 11.0. The normalized spacial score (nSPS) is 10.9. The van der Waals surface area contributed by atoms with Crippen LogP contribution in [-0.2, 0) is 11.3 Å². The van der Waals surface area contributed by atoms with E-state index in [1.54, 1.807) is 23.2 Å². The number of hydrogen-bond donors (Lipinski definition) is 1. The number of aromatic nitrogens is 1. The van der Waals surface area contributed by atoms with Crippen molar-refractivity contribution in [2.75, 3.05) is 13.1 Å². The SMILES string of the molecule is CCN(CC(=O)O)Cc1ncc(-c2cccc(Cl)c2)o1. The molecular weight excluding hydrogens is 280 g/mol. The number of carboxylic acid groups (broad SMARTS) is 1. The van der Waals surface area contributed by atoms with Gasteiger partial charge in [0, 0.05) is 10.6 Å². The summed E-state index contributed by atoms with van der Waals surface area (Å²) in [5.74, 6) is 0.241. The predicted octanol–water partition coefficient (Wildman–Crippen LogP) is 2.90. The van der Waals surface area contributed by atoms with Crippen LogP contribution in [0, 0.1) is 0 Å². The highest BCUT2D eigenvalue weighted by molar-refractivity contribution is 6.30. The van der Waals surface area contributed by atoms with Crippen LogP contribution in [0.25, 0.3) is 11.3 Å². The number of likely N-dealkylation sites (N-methyl/N-ethyl adjacent to an activating group) is 1. The van der Waals surface area contributed by atoms with Crippen LogP contribution >= 0.6 is 11.6 Å². The Bertz CT molecular complexity index is 598. The maximum Gasteiger partial charge on any atom is 0.317 e. The fraction of sp³-hybridized carbons (Fsp3) is 0.286. The van der Waals surface area contributed by atoms with Crippen LogP contribution in [0.4, 0.5) is 0 Å². The van der Waals surface area contributed by atoms with E-state index in [4.69, 9.17) is 21.1 Å². The summed E-state index contributed by atoms with van der Waals surface area (Å²) in [4.78, 5) is 16.6. The molecule has 0 saturated heterocycles. The van der Waals surface area contributed by atoms with Crippen LogP contribution in [0.2, 0.25) is 5.02 Å². The van der Waals surface area contributed by atoms with Gasteiger partial charge in [-0.25, -0.2) is 4.98 Å². The molecule has 0 bridgehead atoms. The van der Waals surface area contributed by atoms with Crippen LogP contribution in [-0.4, -0.2) is 34.0 Å². The van der Waals surface area contributed by atoms with Crippen molar-refractivity contribution in [3.63, 3.8) is 0 Å². The van der Waals surface area contributed by atoms with E-state index in [2.05, 4.69) is 4.98 Å². The number of benzene rings is 1. The van der Waals surface area contributed by atoms with E-state index in [0.717, 1.165) is 5.56 Å². The topological polar surface area (TPSA) is 66.6 Å². The highest BCUT2D eigenvalue weighted by atomic mass is 35.5. The first kappa shape index (κ1) is 14.6. The van der Waals surface area contributed by atoms with Crippen molar-refractivity contribution >= 4 is 17.6 Å². The molecule has 0 radical (unpaired) electrons. The van der Waals surface area contributed by atoms with Crippen molar-refractivity contribution in [3.8, 4) is 11.3 Å². The Morgan fingerprint density at radius 1 is 1.50 bits per heavy atom. The minimum atomic E-state index is -0.867. The summed E-state index contributed by atoms with van der Waals surface area (Å²) in [5.41, 5.74) is 0.845. The molecule has 1 heterocycles. The van der Waals surface area contributed by atoms with Crippen molar-refractivity contribution in [1.29, 1.82) is 0 Å². The Morgan fingerprint density at radius 2 is 2.30 bits per heavy atom. The van der Waals surface area contributed by atoms with Crippen LogP contribution in [0.5, 0.6) is 0 Å². The molecule has 0 fully saturated rings. The number of aliphatic carboxylic acids is 1. The molecule has 2 rings (SSSR count). The minimum Gasteiger partial charge on any atom is -0.480 e. The van der Waals surface area contributed by atoms with E-state index >= 15 is 0 Å². The third-order valence-corrected chi connectivity index (χ3v) is 3.06. The van der Waals surface area contributed by atoms with E-state index in [1.807, 2.05) is 19.1 Å². The average Bonchev–Trinajstić information content (AvgIpc) is 2.86. The van der Waals surface area contributed by atoms with Gasteiger partial charge in [-0.1, -0.05) is 30.7 Å². The molecule has 0 atom stereocenters. The molecule has 20 heavy (non-hydrogen) atoms. The Balaban J connectivity index is 2.10. The largest absolute Gasteiger partial charge is 0.480 e. The predicted molar refractivity (Wildman–Crippen MR) is 75.5 cm³/mol. The van der Waals surface area contributed by atoms with Crippen LogP contribution in [0.15, 0.2) is 34.9 Å². The summed E-state index contributed by atoms with van der Waals surface area (Å²) < 4.78 is 5.63. The number of nitrogens with zero attached hydrogens (tertiary/aromatic N) is 2. The van der Waals surface area contributed by atoms with Gasteiger partial charge in [0.1, 0.15) is 0 Å². The van der Waals surface area contributed by atoms with Gasteiger partial charge in [0.15, 0.2) is 5.76 Å². The van der Waals surface area contributed by atoms with E-state index < -0.39 is 5.97 Å². The molecule has 0 amide bonds. The highest BCUT2D eigenvalue weighted by Crippen LogP contribution is 2.23. The van der Waals surface area contributed by atoms with E-state index in [1.165, 1.54) is 0 Å². The molecule has 2 aromatic rings. The Kier molecular flexibility index (Phi) is 4.76. The van der Waals surface area contributed by atoms with Gasteiger partial charge in [-0.3, -0.25) is 9.69 Å². The number of halogens is 1. The van der Waals surface area contributed by atoms with E-state index in [-0.39, 0.29) is 6.54 Å². The Labute approximate surface area is 121 Å². The zero-order valence-corrected chi connectivity index (χ0v) is 11.8. The summed E-state index contributed by atoms with van der Waals surface area (Å²) >= 11 is 5.93. The third-order valence-electron chi connectivity index (χ3n) is 2.83. The molecular formula is C14H15ClN2O3. The third kappa shape index (κ3) is 3.82. The Hall–Kier alpha value is -1.85. The standard InChI is InChI=1S/C14H15ClN2O3/c1-2-17(9-14(18)19)8-13-16-7-12(20-13)10-4-3-5-11(15)6-10/h3-7H,2,8-9H2,1H3,(H,18,19). The summed E-state index contributed by atoms with van der Waals surface area (Å²) in [7, 11) is 0. The fourth-order valence-electron chi connectivity index (χ4n) is 1.82. The van der Waals surface area contributed by atoms with Crippen molar-refractivity contribution in [2.24, 2.45) is 0 Å². The van der Waals surface area contributed by atoms with Gasteiger partial charge >= 0.3 is 5.97 Å². The number of oxazole rings is 1. The first-order chi connectivity index (χ1) is 9.58. The Morgan fingerprint density at radius 3 is 2.95 bits per heavy atom. The molecule has 0 saturated carbocycles. The van der Waals surface area contributed by atoms with Crippen LogP contribution in [0.3, 0.4) is 0 Å². The highest BCUT2D eigenvalue weighted by Gasteiger charge is 2.13. The second-order valence-corrected chi connectivity index (χ2v) is 4.76. The van der Waals surface area contributed by atoms with Crippen molar-refractivity contribution in [1.82, 2.24) is 9.88 Å². The molecule has 1 N–H and O–H groups in total. The lowest BCUT2D eigenvalue weighted by Crippen LogP contribution is -2.29. The molecule has 1 aromatic carbocycles. The molecule has 0 spiro atoms. The molecule has 0 unspecified atom stereocenters. The first-order valence-electron chi connectivity index (χ1n) is 6.23. The van der Waals surface area contributed by atoms with E-state index in [0.29, 0.717) is 29.8 Å². The second kappa shape index (κ2) is 6.54. The molecule has 0 aliphatic heterocycles. The van der Waals surface area contributed by atoms with Gasteiger partial charge < -0.3 is 9.52 Å². The fourth-order valence-corrected chi connectivity index (χ4v) is 2.01. The van der Waals surface area contributed by atoms with Crippen LogP contribution in [0.1, 0.15) is 12.8 Å². The average molecular weight is 295 g/mol. The lowest BCUT2D eigenvalue weighted by atomic mass is 10.2. The zero-order chi connectivity index (χ0) is 14.5. The van der Waals surface area contributed by atoms with Gasteiger partial charge in [-0.05, 0) is 18.7 Å². The minimum absolute atomic E-state index is 0.0363. The molecule has 0 aliphatic rings. The van der Waals surface area contributed by atoms with Crippen molar-refractivity contribution < 1.29 is 14.3 Å². The van der Waals surface area contributed by atoms with Crippen molar-refractivity contribution in [3.05, 3.63) is 41.4 Å². The van der Waals surface area contributed by atoms with Gasteiger partial charge in [0.05, 0.1) is 19.3 Å². The monoisotopic (exact) mass is 294 g/mol. The van der Waals surface area contributed by atoms with E-state index in [9.17, 15) is 4.79 Å². The summed E-state index contributed by atoms with van der Waals surface area (Å²) in [6, 6.07) is 7.29. The molecule has 0 aliphatic carbocycles.